The molecule has 0 saturated carbocycles. The summed E-state index contributed by atoms with van der Waals surface area (Å²) < 4.78 is 22.3. The van der Waals surface area contributed by atoms with Crippen LogP contribution in [0.1, 0.15) is 6.92 Å². The number of amides is 2. The van der Waals surface area contributed by atoms with Crippen molar-refractivity contribution in [3.63, 3.8) is 0 Å². The van der Waals surface area contributed by atoms with Crippen LogP contribution >= 0.6 is 15.9 Å². The van der Waals surface area contributed by atoms with E-state index in [-0.39, 0.29) is 24.7 Å². The largest absolute Gasteiger partial charge is 0.442 e. The van der Waals surface area contributed by atoms with Crippen molar-refractivity contribution in [3.05, 3.63) is 59.1 Å². The maximum atomic E-state index is 15.0. The Morgan fingerprint density at radius 3 is 2.90 bits per heavy atom. The number of anilines is 1. The first-order chi connectivity index (χ1) is 14.4. The molecule has 154 valence electrons. The molecule has 1 fully saturated rings. The van der Waals surface area contributed by atoms with Gasteiger partial charge in [-0.3, -0.25) is 9.69 Å². The monoisotopic (exact) mass is 473 g/mol. The number of ether oxygens (including phenoxy) is 1. The second-order valence-electron chi connectivity index (χ2n) is 6.66. The van der Waals surface area contributed by atoms with E-state index in [1.807, 2.05) is 6.07 Å². The van der Waals surface area contributed by atoms with Crippen molar-refractivity contribution >= 4 is 33.6 Å². The third kappa shape index (κ3) is 4.04. The van der Waals surface area contributed by atoms with Gasteiger partial charge in [-0.1, -0.05) is 6.07 Å². The van der Waals surface area contributed by atoms with Gasteiger partial charge in [0.15, 0.2) is 5.82 Å². The molecule has 1 unspecified atom stereocenters. The van der Waals surface area contributed by atoms with Gasteiger partial charge in [-0.05, 0) is 52.3 Å². The molecular weight excluding hydrogens is 457 g/mol. The molecule has 3 heterocycles. The van der Waals surface area contributed by atoms with Gasteiger partial charge in [-0.25, -0.2) is 18.9 Å². The molecule has 10 heteroatoms. The van der Waals surface area contributed by atoms with Crippen LogP contribution in [0.5, 0.6) is 0 Å². The Labute approximate surface area is 179 Å². The zero-order valence-corrected chi connectivity index (χ0v) is 17.5. The SMILES string of the molecule is CC(=O)NCC1CN(c2ccc(-n3nccc3-c3cccc(Br)n3)c(F)c2)C(=O)O1. The first kappa shape index (κ1) is 20.0. The first-order valence-electron chi connectivity index (χ1n) is 9.12. The van der Waals surface area contributed by atoms with Gasteiger partial charge in [0.05, 0.1) is 36.4 Å². The molecule has 1 aliphatic rings. The summed E-state index contributed by atoms with van der Waals surface area (Å²) in [6.45, 7) is 1.80. The van der Waals surface area contributed by atoms with Crippen molar-refractivity contribution < 1.29 is 18.7 Å². The number of cyclic esters (lactones) is 1. The number of nitrogens with one attached hydrogen (secondary N) is 1. The lowest BCUT2D eigenvalue weighted by atomic mass is 10.2. The minimum atomic E-state index is -0.587. The van der Waals surface area contributed by atoms with Gasteiger partial charge in [0.2, 0.25) is 5.91 Å². The van der Waals surface area contributed by atoms with E-state index < -0.39 is 18.0 Å². The molecule has 3 aromatic rings. The van der Waals surface area contributed by atoms with E-state index in [1.165, 1.54) is 22.6 Å². The highest BCUT2D eigenvalue weighted by Gasteiger charge is 2.32. The number of benzene rings is 1. The lowest BCUT2D eigenvalue weighted by Crippen LogP contribution is -2.33. The molecule has 1 saturated heterocycles. The number of carbonyl (C=O) groups excluding carboxylic acids is 2. The van der Waals surface area contributed by atoms with E-state index in [1.54, 1.807) is 36.5 Å². The fraction of sp³-hybridized carbons (Fsp3) is 0.200. The van der Waals surface area contributed by atoms with Crippen LogP contribution in [0.4, 0.5) is 14.9 Å². The topological polar surface area (TPSA) is 89.4 Å². The van der Waals surface area contributed by atoms with Crippen LogP contribution in [0.3, 0.4) is 0 Å². The van der Waals surface area contributed by atoms with E-state index >= 15 is 0 Å². The van der Waals surface area contributed by atoms with Crippen LogP contribution < -0.4 is 10.2 Å². The summed E-state index contributed by atoms with van der Waals surface area (Å²) >= 11 is 3.33. The molecule has 0 bridgehead atoms. The summed E-state index contributed by atoms with van der Waals surface area (Å²) in [7, 11) is 0. The molecule has 2 aromatic heterocycles. The lowest BCUT2D eigenvalue weighted by molar-refractivity contribution is -0.119. The molecule has 0 aliphatic carbocycles. The van der Waals surface area contributed by atoms with Gasteiger partial charge >= 0.3 is 6.09 Å². The normalized spacial score (nSPS) is 15.9. The van der Waals surface area contributed by atoms with Crippen LogP contribution in [0.15, 0.2) is 53.3 Å². The van der Waals surface area contributed by atoms with Crippen molar-refractivity contribution in [2.75, 3.05) is 18.0 Å². The van der Waals surface area contributed by atoms with E-state index in [0.29, 0.717) is 21.7 Å². The number of aromatic nitrogens is 3. The summed E-state index contributed by atoms with van der Waals surface area (Å²) in [5, 5.41) is 6.83. The quantitative estimate of drug-likeness (QED) is 0.574. The summed E-state index contributed by atoms with van der Waals surface area (Å²) in [4.78, 5) is 28.9. The molecule has 1 N–H and O–H groups in total. The molecule has 1 aliphatic heterocycles. The van der Waals surface area contributed by atoms with E-state index in [4.69, 9.17) is 4.74 Å². The lowest BCUT2D eigenvalue weighted by Gasteiger charge is -2.15. The van der Waals surface area contributed by atoms with Gasteiger partial charge in [-0.15, -0.1) is 0 Å². The van der Waals surface area contributed by atoms with Crippen LogP contribution in [0.2, 0.25) is 0 Å². The number of halogens is 2. The Balaban J connectivity index is 1.59. The number of pyridine rings is 1. The fourth-order valence-corrected chi connectivity index (χ4v) is 3.52. The smallest absolute Gasteiger partial charge is 0.414 e. The average molecular weight is 474 g/mol. The summed E-state index contributed by atoms with van der Waals surface area (Å²) in [5.41, 5.74) is 1.84. The summed E-state index contributed by atoms with van der Waals surface area (Å²) in [5.74, 6) is -0.764. The highest BCUT2D eigenvalue weighted by atomic mass is 79.9. The average Bonchev–Trinajstić information content (AvgIpc) is 3.33. The van der Waals surface area contributed by atoms with E-state index in [9.17, 15) is 14.0 Å². The highest BCUT2D eigenvalue weighted by molar-refractivity contribution is 9.10. The Morgan fingerprint density at radius 2 is 2.17 bits per heavy atom. The Bertz CT molecular complexity index is 1120. The van der Waals surface area contributed by atoms with Gasteiger partial charge in [-0.2, -0.15) is 5.10 Å². The van der Waals surface area contributed by atoms with Crippen molar-refractivity contribution in [1.82, 2.24) is 20.1 Å². The Hall–Kier alpha value is -3.27. The number of nitrogens with zero attached hydrogens (tertiary/aromatic N) is 4. The Morgan fingerprint density at radius 1 is 1.33 bits per heavy atom. The zero-order chi connectivity index (χ0) is 21.3. The first-order valence-corrected chi connectivity index (χ1v) is 9.91. The van der Waals surface area contributed by atoms with Crippen LogP contribution in [0, 0.1) is 5.82 Å². The minimum absolute atomic E-state index is 0.203. The number of hydrogen-bond donors (Lipinski definition) is 1. The zero-order valence-electron chi connectivity index (χ0n) is 15.9. The molecule has 1 aromatic carbocycles. The van der Waals surface area contributed by atoms with E-state index in [0.717, 1.165) is 0 Å². The number of rotatable bonds is 5. The summed E-state index contributed by atoms with van der Waals surface area (Å²) in [6, 6.07) is 11.6. The van der Waals surface area contributed by atoms with Gasteiger partial charge < -0.3 is 10.1 Å². The number of carbonyl (C=O) groups is 2. The maximum absolute atomic E-state index is 15.0. The predicted molar refractivity (Wildman–Crippen MR) is 111 cm³/mol. The molecule has 0 spiro atoms. The molecule has 0 radical (unpaired) electrons. The van der Waals surface area contributed by atoms with Crippen molar-refractivity contribution in [1.29, 1.82) is 0 Å². The second-order valence-corrected chi connectivity index (χ2v) is 7.48. The van der Waals surface area contributed by atoms with Crippen LogP contribution in [0.25, 0.3) is 17.1 Å². The summed E-state index contributed by atoms with van der Waals surface area (Å²) in [6.07, 6.45) is 0.482. The van der Waals surface area contributed by atoms with Gasteiger partial charge in [0, 0.05) is 6.92 Å². The molecule has 30 heavy (non-hydrogen) atoms. The highest BCUT2D eigenvalue weighted by Crippen LogP contribution is 2.28. The Kier molecular flexibility index (Phi) is 5.49. The molecular formula is C20H17BrFN5O3. The molecule has 8 nitrogen and oxygen atoms in total. The van der Waals surface area contributed by atoms with Gasteiger partial charge in [0.25, 0.3) is 0 Å². The van der Waals surface area contributed by atoms with Crippen molar-refractivity contribution in [2.45, 2.75) is 13.0 Å². The maximum Gasteiger partial charge on any atom is 0.414 e. The van der Waals surface area contributed by atoms with Crippen molar-refractivity contribution in [3.8, 4) is 17.1 Å². The fourth-order valence-electron chi connectivity index (χ4n) is 3.17. The van der Waals surface area contributed by atoms with Gasteiger partial charge in [0.1, 0.15) is 16.4 Å². The van der Waals surface area contributed by atoms with Crippen LogP contribution in [-0.2, 0) is 9.53 Å². The van der Waals surface area contributed by atoms with Crippen LogP contribution in [-0.4, -0.2) is 46.0 Å². The third-order valence-corrected chi connectivity index (χ3v) is 4.99. The standard InChI is InChI=1S/C20H17BrFN5O3/c1-12(28)23-10-14-11-26(20(29)30-14)13-5-6-17(15(22)9-13)27-18(7-8-24-27)16-3-2-4-19(21)25-16/h2-9,14H,10-11H2,1H3,(H,23,28). The predicted octanol–water partition coefficient (Wildman–Crippen LogP) is 3.30. The van der Waals surface area contributed by atoms with Crippen molar-refractivity contribution in [2.24, 2.45) is 0 Å². The number of hydrogen-bond acceptors (Lipinski definition) is 5. The second kappa shape index (κ2) is 8.23. The minimum Gasteiger partial charge on any atom is -0.442 e. The third-order valence-electron chi connectivity index (χ3n) is 4.54. The molecule has 2 amide bonds. The molecule has 4 rings (SSSR count). The molecule has 1 atom stereocenters. The van der Waals surface area contributed by atoms with E-state index in [2.05, 4.69) is 31.3 Å².